The molecule has 3 aromatic rings. The third kappa shape index (κ3) is 2.09. The highest BCUT2D eigenvalue weighted by atomic mass is 16.5. The number of nitrogen functional groups attached to an aromatic ring is 1. The Hall–Kier alpha value is -2.83. The maximum absolute atomic E-state index is 5.94. The molecule has 0 aliphatic rings. The van der Waals surface area contributed by atoms with E-state index >= 15 is 0 Å². The summed E-state index contributed by atoms with van der Waals surface area (Å²) in [4.78, 5) is 6.14. The molecule has 20 heavy (non-hydrogen) atoms. The molecule has 0 unspecified atom stereocenters. The van der Waals surface area contributed by atoms with Crippen LogP contribution in [-0.2, 0) is 0 Å². The fraction of sp³-hybridized carbons (Fsp3) is 0.154. The minimum absolute atomic E-state index is 0.368. The third-order valence-electron chi connectivity index (χ3n) is 2.90. The van der Waals surface area contributed by atoms with Crippen LogP contribution in [0, 0.1) is 0 Å². The molecule has 3 rings (SSSR count). The summed E-state index contributed by atoms with van der Waals surface area (Å²) in [5, 5.41) is 7.80. The van der Waals surface area contributed by atoms with Crippen LogP contribution in [0.4, 0.5) is 11.4 Å². The summed E-state index contributed by atoms with van der Waals surface area (Å²) in [6.45, 7) is 0. The molecular weight excluding hydrogens is 256 g/mol. The molecule has 102 valence electrons. The Morgan fingerprint density at radius 1 is 1.30 bits per heavy atom. The highest BCUT2D eigenvalue weighted by Crippen LogP contribution is 2.31. The lowest BCUT2D eigenvalue weighted by Crippen LogP contribution is -2.09. The number of hydrogen-bond acceptors (Lipinski definition) is 6. The van der Waals surface area contributed by atoms with E-state index in [1.165, 1.54) is 0 Å². The second-order valence-corrected chi connectivity index (χ2v) is 4.51. The van der Waals surface area contributed by atoms with Crippen molar-refractivity contribution in [3.8, 4) is 11.6 Å². The van der Waals surface area contributed by atoms with Crippen LogP contribution in [-0.4, -0.2) is 33.7 Å². The van der Waals surface area contributed by atoms with E-state index in [1.807, 2.05) is 31.1 Å². The van der Waals surface area contributed by atoms with Crippen molar-refractivity contribution >= 4 is 17.0 Å². The van der Waals surface area contributed by atoms with Gasteiger partial charge in [0.1, 0.15) is 6.33 Å². The number of ether oxygens (including phenoxy) is 1. The molecule has 0 radical (unpaired) electrons. The summed E-state index contributed by atoms with van der Waals surface area (Å²) >= 11 is 0. The number of fused-ring (bicyclic) bond motifs is 1. The Kier molecular flexibility index (Phi) is 2.86. The molecule has 0 bridgehead atoms. The fourth-order valence-corrected chi connectivity index (χ4v) is 1.80. The number of nitrogens with zero attached hydrogens (tertiary/aromatic N) is 5. The van der Waals surface area contributed by atoms with Crippen molar-refractivity contribution in [2.24, 2.45) is 0 Å². The van der Waals surface area contributed by atoms with Crippen LogP contribution in [0.25, 0.3) is 5.65 Å². The van der Waals surface area contributed by atoms with Crippen molar-refractivity contribution in [2.45, 2.75) is 0 Å². The summed E-state index contributed by atoms with van der Waals surface area (Å²) in [7, 11) is 3.90. The van der Waals surface area contributed by atoms with Crippen LogP contribution in [0.3, 0.4) is 0 Å². The molecule has 0 saturated heterocycles. The van der Waals surface area contributed by atoms with Crippen LogP contribution in [0.1, 0.15) is 0 Å². The number of aromatic nitrogens is 4. The van der Waals surface area contributed by atoms with Gasteiger partial charge in [-0.2, -0.15) is 0 Å². The predicted molar refractivity (Wildman–Crippen MR) is 76.0 cm³/mol. The van der Waals surface area contributed by atoms with Gasteiger partial charge in [-0.05, 0) is 12.1 Å². The Morgan fingerprint density at radius 3 is 2.95 bits per heavy atom. The first-order valence-corrected chi connectivity index (χ1v) is 6.04. The standard InChI is InChI=1S/C13H14N6O/c1-18(2)9-3-4-10(14)11(7-9)20-13-12-17-16-8-19(12)6-5-15-13/h3-8H,14H2,1-2H3. The lowest BCUT2D eigenvalue weighted by molar-refractivity contribution is 0.467. The second kappa shape index (κ2) is 4.69. The Bertz CT molecular complexity index is 751. The van der Waals surface area contributed by atoms with Gasteiger partial charge in [0, 0.05) is 38.2 Å². The average Bonchev–Trinajstić information content (AvgIpc) is 2.90. The minimum Gasteiger partial charge on any atom is -0.434 e. The molecule has 0 amide bonds. The summed E-state index contributed by atoms with van der Waals surface area (Å²) in [5.41, 5.74) is 8.02. The molecule has 2 N–H and O–H groups in total. The van der Waals surface area contributed by atoms with Gasteiger partial charge in [0.15, 0.2) is 5.75 Å². The van der Waals surface area contributed by atoms with E-state index in [9.17, 15) is 0 Å². The first-order chi connectivity index (χ1) is 9.65. The zero-order chi connectivity index (χ0) is 14.1. The van der Waals surface area contributed by atoms with Gasteiger partial charge < -0.3 is 15.4 Å². The largest absolute Gasteiger partial charge is 0.434 e. The van der Waals surface area contributed by atoms with Gasteiger partial charge in [0.05, 0.1) is 5.69 Å². The molecule has 1 aromatic carbocycles. The lowest BCUT2D eigenvalue weighted by Gasteiger charge is -2.15. The van der Waals surface area contributed by atoms with Crippen LogP contribution >= 0.6 is 0 Å². The van der Waals surface area contributed by atoms with Crippen LogP contribution < -0.4 is 15.4 Å². The minimum atomic E-state index is 0.368. The van der Waals surface area contributed by atoms with Crippen molar-refractivity contribution < 1.29 is 4.74 Å². The molecule has 0 aliphatic carbocycles. The van der Waals surface area contributed by atoms with Gasteiger partial charge in [-0.15, -0.1) is 10.2 Å². The first-order valence-electron chi connectivity index (χ1n) is 6.04. The van der Waals surface area contributed by atoms with Crippen molar-refractivity contribution in [1.82, 2.24) is 19.6 Å². The summed E-state index contributed by atoms with van der Waals surface area (Å²) < 4.78 is 7.52. The lowest BCUT2D eigenvalue weighted by atomic mass is 10.2. The molecule has 0 fully saturated rings. The average molecular weight is 270 g/mol. The van der Waals surface area contributed by atoms with Gasteiger partial charge in [0.25, 0.3) is 5.88 Å². The van der Waals surface area contributed by atoms with Crippen LogP contribution in [0.2, 0.25) is 0 Å². The summed E-state index contributed by atoms with van der Waals surface area (Å²) in [5.74, 6) is 0.910. The predicted octanol–water partition coefficient (Wildman–Crippen LogP) is 1.56. The normalized spacial score (nSPS) is 10.7. The van der Waals surface area contributed by atoms with Crippen molar-refractivity contribution in [1.29, 1.82) is 0 Å². The Morgan fingerprint density at radius 2 is 2.15 bits per heavy atom. The van der Waals surface area contributed by atoms with Gasteiger partial charge in [-0.25, -0.2) is 4.98 Å². The number of hydrogen-bond donors (Lipinski definition) is 1. The molecule has 0 saturated carbocycles. The molecule has 0 atom stereocenters. The van der Waals surface area contributed by atoms with Crippen LogP contribution in [0.5, 0.6) is 11.6 Å². The maximum atomic E-state index is 5.94. The van der Waals surface area contributed by atoms with E-state index in [4.69, 9.17) is 10.5 Å². The topological polar surface area (TPSA) is 81.6 Å². The van der Waals surface area contributed by atoms with Gasteiger partial charge in [0.2, 0.25) is 5.65 Å². The highest BCUT2D eigenvalue weighted by molar-refractivity contribution is 5.63. The SMILES string of the molecule is CN(C)c1ccc(N)c(Oc2nccn3cnnc23)c1. The van der Waals surface area contributed by atoms with Crippen molar-refractivity contribution in [2.75, 3.05) is 24.7 Å². The van der Waals surface area contributed by atoms with Gasteiger partial charge in [-0.1, -0.05) is 0 Å². The Labute approximate surface area is 115 Å². The van der Waals surface area contributed by atoms with E-state index in [1.54, 1.807) is 29.2 Å². The van der Waals surface area contributed by atoms with E-state index < -0.39 is 0 Å². The molecule has 7 heteroatoms. The quantitative estimate of drug-likeness (QED) is 0.727. The molecular formula is C13H14N6O. The van der Waals surface area contributed by atoms with E-state index in [0.717, 1.165) is 5.69 Å². The molecule has 0 spiro atoms. The van der Waals surface area contributed by atoms with E-state index in [0.29, 0.717) is 23.0 Å². The number of nitrogens with two attached hydrogens (primary N) is 1. The number of anilines is 2. The van der Waals surface area contributed by atoms with E-state index in [2.05, 4.69) is 15.2 Å². The summed E-state index contributed by atoms with van der Waals surface area (Å²) in [6.07, 6.45) is 4.96. The zero-order valence-electron chi connectivity index (χ0n) is 11.2. The monoisotopic (exact) mass is 270 g/mol. The van der Waals surface area contributed by atoms with Crippen molar-refractivity contribution in [3.05, 3.63) is 36.9 Å². The van der Waals surface area contributed by atoms with E-state index in [-0.39, 0.29) is 0 Å². The van der Waals surface area contributed by atoms with Gasteiger partial charge in [-0.3, -0.25) is 4.40 Å². The van der Waals surface area contributed by atoms with Crippen molar-refractivity contribution in [3.63, 3.8) is 0 Å². The molecule has 2 aromatic heterocycles. The Balaban J connectivity index is 2.02. The maximum Gasteiger partial charge on any atom is 0.265 e. The highest BCUT2D eigenvalue weighted by Gasteiger charge is 2.10. The first kappa shape index (κ1) is 12.2. The molecule has 0 aliphatic heterocycles. The molecule has 2 heterocycles. The third-order valence-corrected chi connectivity index (χ3v) is 2.90. The van der Waals surface area contributed by atoms with Crippen LogP contribution in [0.15, 0.2) is 36.9 Å². The fourth-order valence-electron chi connectivity index (χ4n) is 1.80. The summed E-state index contributed by atoms with van der Waals surface area (Å²) in [6, 6.07) is 5.58. The molecule has 7 nitrogen and oxygen atoms in total. The number of benzene rings is 1. The number of rotatable bonds is 3. The van der Waals surface area contributed by atoms with Gasteiger partial charge >= 0.3 is 0 Å². The zero-order valence-corrected chi connectivity index (χ0v) is 11.2. The smallest absolute Gasteiger partial charge is 0.265 e. The second-order valence-electron chi connectivity index (χ2n) is 4.51.